The molecule has 2 rings (SSSR count). The molecule has 0 spiro atoms. The summed E-state index contributed by atoms with van der Waals surface area (Å²) in [5.41, 5.74) is 1.93. The van der Waals surface area contributed by atoms with E-state index in [1.165, 1.54) is 15.3 Å². The number of hydrogen-bond acceptors (Lipinski definition) is 2. The molecular formula is C16H19BrFNS. The first-order valence-electron chi connectivity index (χ1n) is 6.78. The average Bonchev–Trinajstić information content (AvgIpc) is 2.74. The van der Waals surface area contributed by atoms with Crippen molar-refractivity contribution in [3.63, 3.8) is 0 Å². The van der Waals surface area contributed by atoms with E-state index in [0.29, 0.717) is 10.0 Å². The van der Waals surface area contributed by atoms with Crippen molar-refractivity contribution in [3.8, 4) is 0 Å². The van der Waals surface area contributed by atoms with Crippen molar-refractivity contribution in [2.75, 3.05) is 6.54 Å². The zero-order valence-corrected chi connectivity index (χ0v) is 14.4. The Bertz CT molecular complexity index is 594. The first kappa shape index (κ1) is 15.7. The third-order valence-electron chi connectivity index (χ3n) is 3.23. The molecule has 1 unspecified atom stereocenters. The van der Waals surface area contributed by atoms with Crippen LogP contribution in [-0.2, 0) is 0 Å². The van der Waals surface area contributed by atoms with Crippen LogP contribution in [0.5, 0.6) is 0 Å². The Morgan fingerprint density at radius 2 is 2.10 bits per heavy atom. The van der Waals surface area contributed by atoms with Gasteiger partial charge in [0.25, 0.3) is 0 Å². The fourth-order valence-electron chi connectivity index (χ4n) is 2.32. The number of halogens is 2. The second kappa shape index (κ2) is 6.83. The van der Waals surface area contributed by atoms with Gasteiger partial charge in [0.1, 0.15) is 5.82 Å². The molecular weight excluding hydrogens is 337 g/mol. The summed E-state index contributed by atoms with van der Waals surface area (Å²) in [6.45, 7) is 7.17. The number of hydrogen-bond donors (Lipinski definition) is 1. The first-order valence-corrected chi connectivity index (χ1v) is 8.39. The van der Waals surface area contributed by atoms with E-state index in [0.717, 1.165) is 13.0 Å². The Morgan fingerprint density at radius 1 is 1.35 bits per heavy atom. The van der Waals surface area contributed by atoms with Crippen molar-refractivity contribution in [2.45, 2.75) is 33.2 Å². The molecule has 0 aliphatic rings. The second-order valence-electron chi connectivity index (χ2n) is 4.93. The molecule has 0 fully saturated rings. The number of thiophene rings is 1. The molecule has 1 heterocycles. The van der Waals surface area contributed by atoms with Gasteiger partial charge in [-0.25, -0.2) is 4.39 Å². The van der Waals surface area contributed by atoms with E-state index < -0.39 is 0 Å². The van der Waals surface area contributed by atoms with Gasteiger partial charge in [0.05, 0.1) is 10.5 Å². The lowest BCUT2D eigenvalue weighted by atomic mass is 10.0. The van der Waals surface area contributed by atoms with E-state index in [-0.39, 0.29) is 11.9 Å². The number of benzene rings is 1. The van der Waals surface area contributed by atoms with Crippen LogP contribution in [0.15, 0.2) is 28.7 Å². The largest absolute Gasteiger partial charge is 0.305 e. The predicted octanol–water partition coefficient (Wildman–Crippen LogP) is 5.36. The second-order valence-corrected chi connectivity index (χ2v) is 7.08. The van der Waals surface area contributed by atoms with Crippen LogP contribution >= 0.6 is 27.3 Å². The summed E-state index contributed by atoms with van der Waals surface area (Å²) >= 11 is 5.02. The lowest BCUT2D eigenvalue weighted by Crippen LogP contribution is -2.24. The minimum absolute atomic E-state index is 0.0776. The molecule has 0 saturated carbocycles. The maximum atomic E-state index is 14.4. The monoisotopic (exact) mass is 355 g/mol. The molecule has 0 aliphatic heterocycles. The predicted molar refractivity (Wildman–Crippen MR) is 88.0 cm³/mol. The highest BCUT2D eigenvalue weighted by atomic mass is 79.9. The van der Waals surface area contributed by atoms with Crippen molar-refractivity contribution < 1.29 is 4.39 Å². The molecule has 1 N–H and O–H groups in total. The Labute approximate surface area is 132 Å². The summed E-state index contributed by atoms with van der Waals surface area (Å²) < 4.78 is 14.9. The fourth-order valence-corrected chi connectivity index (χ4v) is 3.83. The summed E-state index contributed by atoms with van der Waals surface area (Å²) in [7, 11) is 0. The molecule has 2 aromatic rings. The molecule has 4 heteroatoms. The normalized spacial score (nSPS) is 12.7. The maximum Gasteiger partial charge on any atom is 0.142 e. The van der Waals surface area contributed by atoms with Gasteiger partial charge < -0.3 is 5.32 Å². The van der Waals surface area contributed by atoms with Crippen molar-refractivity contribution in [3.05, 3.63) is 55.4 Å². The van der Waals surface area contributed by atoms with Crippen LogP contribution in [0, 0.1) is 19.7 Å². The van der Waals surface area contributed by atoms with Gasteiger partial charge in [-0.3, -0.25) is 0 Å². The first-order chi connectivity index (χ1) is 9.54. The van der Waals surface area contributed by atoms with Crippen molar-refractivity contribution >= 4 is 27.3 Å². The number of aryl methyl sites for hydroxylation is 2. The maximum absolute atomic E-state index is 14.4. The van der Waals surface area contributed by atoms with Crippen molar-refractivity contribution in [1.82, 2.24) is 5.32 Å². The molecule has 1 atom stereocenters. The van der Waals surface area contributed by atoms with E-state index in [1.807, 2.05) is 12.1 Å². The van der Waals surface area contributed by atoms with Crippen LogP contribution in [0.2, 0.25) is 0 Å². The Morgan fingerprint density at radius 3 is 2.70 bits per heavy atom. The molecule has 0 saturated heterocycles. The molecule has 20 heavy (non-hydrogen) atoms. The SMILES string of the molecule is CCCNC(c1cccc(Br)c1F)c1sc(C)cc1C. The molecule has 1 aromatic carbocycles. The van der Waals surface area contributed by atoms with Crippen LogP contribution in [0.4, 0.5) is 4.39 Å². The Kier molecular flexibility index (Phi) is 5.35. The standard InChI is InChI=1S/C16H19BrFNS/c1-4-8-19-15(16-10(2)9-11(3)20-16)12-6-5-7-13(17)14(12)18/h5-7,9,15,19H,4,8H2,1-3H3. The summed E-state index contributed by atoms with van der Waals surface area (Å²) in [6, 6.07) is 7.57. The fraction of sp³-hybridized carbons (Fsp3) is 0.375. The highest BCUT2D eigenvalue weighted by Gasteiger charge is 2.21. The molecule has 1 nitrogen and oxygen atoms in total. The van der Waals surface area contributed by atoms with Gasteiger partial charge in [0.2, 0.25) is 0 Å². The summed E-state index contributed by atoms with van der Waals surface area (Å²) in [5, 5.41) is 3.47. The zero-order valence-electron chi connectivity index (χ0n) is 12.0. The molecule has 0 radical (unpaired) electrons. The minimum atomic E-state index is -0.174. The lowest BCUT2D eigenvalue weighted by molar-refractivity contribution is 0.546. The summed E-state index contributed by atoms with van der Waals surface area (Å²) in [5.74, 6) is -0.174. The van der Waals surface area contributed by atoms with Crippen LogP contribution in [0.1, 0.15) is 40.3 Å². The van der Waals surface area contributed by atoms with Gasteiger partial charge in [-0.2, -0.15) is 0 Å². The van der Waals surface area contributed by atoms with Gasteiger partial charge in [0.15, 0.2) is 0 Å². The van der Waals surface area contributed by atoms with Gasteiger partial charge in [-0.05, 0) is 60.4 Å². The Balaban J connectivity index is 2.47. The quantitative estimate of drug-likeness (QED) is 0.761. The van der Waals surface area contributed by atoms with E-state index in [1.54, 1.807) is 17.4 Å². The summed E-state index contributed by atoms with van der Waals surface area (Å²) in [4.78, 5) is 2.46. The molecule has 0 bridgehead atoms. The van der Waals surface area contributed by atoms with Gasteiger partial charge >= 0.3 is 0 Å². The van der Waals surface area contributed by atoms with E-state index in [4.69, 9.17) is 0 Å². The third kappa shape index (κ3) is 3.30. The van der Waals surface area contributed by atoms with Crippen molar-refractivity contribution in [2.24, 2.45) is 0 Å². The number of rotatable bonds is 5. The summed E-state index contributed by atoms with van der Waals surface area (Å²) in [6.07, 6.45) is 1.02. The smallest absolute Gasteiger partial charge is 0.142 e. The number of nitrogens with one attached hydrogen (secondary N) is 1. The third-order valence-corrected chi connectivity index (χ3v) is 5.06. The van der Waals surface area contributed by atoms with Crippen LogP contribution in [0.25, 0.3) is 0 Å². The molecule has 0 amide bonds. The highest BCUT2D eigenvalue weighted by Crippen LogP contribution is 2.34. The van der Waals surface area contributed by atoms with Crippen LogP contribution in [0.3, 0.4) is 0 Å². The minimum Gasteiger partial charge on any atom is -0.305 e. The van der Waals surface area contributed by atoms with Gasteiger partial charge in [0, 0.05) is 15.3 Å². The average molecular weight is 356 g/mol. The topological polar surface area (TPSA) is 12.0 Å². The van der Waals surface area contributed by atoms with E-state index in [9.17, 15) is 4.39 Å². The molecule has 1 aromatic heterocycles. The molecule has 108 valence electrons. The van der Waals surface area contributed by atoms with Crippen molar-refractivity contribution in [1.29, 1.82) is 0 Å². The van der Waals surface area contributed by atoms with Gasteiger partial charge in [-0.15, -0.1) is 11.3 Å². The Hall–Kier alpha value is -0.710. The van der Waals surface area contributed by atoms with E-state index >= 15 is 0 Å². The highest BCUT2D eigenvalue weighted by molar-refractivity contribution is 9.10. The van der Waals surface area contributed by atoms with Crippen LogP contribution < -0.4 is 5.32 Å². The van der Waals surface area contributed by atoms with Crippen LogP contribution in [-0.4, -0.2) is 6.54 Å². The van der Waals surface area contributed by atoms with Gasteiger partial charge in [-0.1, -0.05) is 19.1 Å². The van der Waals surface area contributed by atoms with E-state index in [2.05, 4.69) is 48.1 Å². The molecule has 0 aliphatic carbocycles. The lowest BCUT2D eigenvalue weighted by Gasteiger charge is -2.20. The zero-order chi connectivity index (χ0) is 14.7.